The fraction of sp³-hybridized carbons (Fsp3) is 0.438. The molecule has 2 aromatic rings. The summed E-state index contributed by atoms with van der Waals surface area (Å²) in [6, 6.07) is 9.34. The van der Waals surface area contributed by atoms with Crippen LogP contribution in [-0.2, 0) is 19.5 Å². The van der Waals surface area contributed by atoms with Crippen molar-refractivity contribution in [3.63, 3.8) is 0 Å². The molecule has 1 N–H and O–H groups in total. The number of hydrogen-bond acceptors (Lipinski definition) is 2. The van der Waals surface area contributed by atoms with E-state index in [2.05, 4.69) is 59.9 Å². The minimum absolute atomic E-state index is 0.526. The maximum absolute atomic E-state index is 4.35. The van der Waals surface area contributed by atoms with Gasteiger partial charge in [-0.25, -0.2) is 4.98 Å². The molecule has 3 nitrogen and oxygen atoms in total. The second-order valence-electron chi connectivity index (χ2n) is 5.18. The Labute approximate surface area is 115 Å². The molecule has 0 saturated carbocycles. The Hall–Kier alpha value is -1.61. The van der Waals surface area contributed by atoms with Crippen molar-refractivity contribution >= 4 is 0 Å². The molecule has 0 atom stereocenters. The lowest BCUT2D eigenvalue weighted by molar-refractivity contribution is 0.588. The van der Waals surface area contributed by atoms with E-state index in [-0.39, 0.29) is 0 Å². The van der Waals surface area contributed by atoms with Crippen LogP contribution in [-0.4, -0.2) is 15.6 Å². The number of aryl methyl sites for hydroxylation is 1. The van der Waals surface area contributed by atoms with Crippen molar-refractivity contribution in [2.75, 3.05) is 0 Å². The van der Waals surface area contributed by atoms with Gasteiger partial charge in [0.15, 0.2) is 0 Å². The van der Waals surface area contributed by atoms with E-state index >= 15 is 0 Å². The normalized spacial score (nSPS) is 11.2. The van der Waals surface area contributed by atoms with Crippen molar-refractivity contribution in [2.45, 2.75) is 46.3 Å². The van der Waals surface area contributed by atoms with Crippen molar-refractivity contribution in [1.29, 1.82) is 0 Å². The van der Waals surface area contributed by atoms with Crippen molar-refractivity contribution in [1.82, 2.24) is 14.9 Å². The summed E-state index contributed by atoms with van der Waals surface area (Å²) >= 11 is 0. The van der Waals surface area contributed by atoms with Crippen LogP contribution in [0.15, 0.2) is 36.7 Å². The van der Waals surface area contributed by atoms with Gasteiger partial charge < -0.3 is 9.88 Å². The van der Waals surface area contributed by atoms with Gasteiger partial charge in [0, 0.05) is 37.9 Å². The van der Waals surface area contributed by atoms with Gasteiger partial charge in [0.2, 0.25) is 0 Å². The fourth-order valence-electron chi connectivity index (χ4n) is 2.08. The summed E-state index contributed by atoms with van der Waals surface area (Å²) in [4.78, 5) is 4.35. The zero-order chi connectivity index (χ0) is 13.7. The first-order chi connectivity index (χ1) is 9.19. The number of aromatic nitrogens is 2. The molecule has 2 rings (SSSR count). The van der Waals surface area contributed by atoms with Crippen LogP contribution in [0.5, 0.6) is 0 Å². The maximum atomic E-state index is 4.35. The maximum Gasteiger partial charge on any atom is 0.108 e. The lowest BCUT2D eigenvalue weighted by Gasteiger charge is -2.10. The highest BCUT2D eigenvalue weighted by molar-refractivity contribution is 5.23. The number of nitrogens with zero attached hydrogens (tertiary/aromatic N) is 2. The summed E-state index contributed by atoms with van der Waals surface area (Å²) in [5.41, 5.74) is 2.65. The summed E-state index contributed by atoms with van der Waals surface area (Å²) in [7, 11) is 0. The molecule has 0 saturated heterocycles. The predicted octanol–water partition coefficient (Wildman–Crippen LogP) is 2.99. The lowest BCUT2D eigenvalue weighted by atomic mass is 10.1. The molecule has 0 spiro atoms. The average Bonchev–Trinajstić information content (AvgIpc) is 2.85. The van der Waals surface area contributed by atoms with Gasteiger partial charge in [-0.1, -0.05) is 45.0 Å². The molecule has 1 heterocycles. The molecule has 1 aromatic carbocycles. The zero-order valence-corrected chi connectivity index (χ0v) is 12.1. The van der Waals surface area contributed by atoms with E-state index < -0.39 is 0 Å². The van der Waals surface area contributed by atoms with Crippen molar-refractivity contribution in [3.8, 4) is 0 Å². The summed E-state index contributed by atoms with van der Waals surface area (Å²) in [5, 5.41) is 3.43. The van der Waals surface area contributed by atoms with Crippen molar-refractivity contribution in [2.24, 2.45) is 0 Å². The molecular weight excluding hydrogens is 234 g/mol. The van der Waals surface area contributed by atoms with Gasteiger partial charge in [0.1, 0.15) is 5.82 Å². The molecule has 0 bridgehead atoms. The minimum atomic E-state index is 0.526. The summed E-state index contributed by atoms with van der Waals surface area (Å²) in [5.74, 6) is 1.14. The van der Waals surface area contributed by atoms with Gasteiger partial charge in [-0.05, 0) is 11.1 Å². The largest absolute Gasteiger partial charge is 0.331 e. The number of rotatable bonds is 6. The molecule has 0 fully saturated rings. The fourth-order valence-corrected chi connectivity index (χ4v) is 2.08. The number of hydrogen-bond donors (Lipinski definition) is 1. The van der Waals surface area contributed by atoms with E-state index in [1.54, 1.807) is 0 Å². The van der Waals surface area contributed by atoms with Crippen LogP contribution < -0.4 is 5.32 Å². The van der Waals surface area contributed by atoms with E-state index in [0.717, 1.165) is 25.3 Å². The zero-order valence-electron chi connectivity index (χ0n) is 12.1. The molecule has 0 amide bonds. The first kappa shape index (κ1) is 13.8. The van der Waals surface area contributed by atoms with Crippen LogP contribution in [0.4, 0.5) is 0 Å². The van der Waals surface area contributed by atoms with Gasteiger partial charge in [0.25, 0.3) is 0 Å². The topological polar surface area (TPSA) is 29.9 Å². The third-order valence-electron chi connectivity index (χ3n) is 3.21. The van der Waals surface area contributed by atoms with Gasteiger partial charge in [-0.3, -0.25) is 0 Å². The summed E-state index contributed by atoms with van der Waals surface area (Å²) in [6.07, 6.45) is 4.90. The van der Waals surface area contributed by atoms with Crippen molar-refractivity contribution < 1.29 is 0 Å². The van der Waals surface area contributed by atoms with Crippen LogP contribution in [0.1, 0.15) is 37.7 Å². The first-order valence-corrected chi connectivity index (χ1v) is 7.00. The Morgan fingerprint density at radius 1 is 1.16 bits per heavy atom. The number of imidazole rings is 1. The van der Waals surface area contributed by atoms with Crippen LogP contribution in [0.2, 0.25) is 0 Å². The quantitative estimate of drug-likeness (QED) is 0.862. The predicted molar refractivity (Wildman–Crippen MR) is 79.1 cm³/mol. The second-order valence-corrected chi connectivity index (χ2v) is 5.18. The summed E-state index contributed by atoms with van der Waals surface area (Å²) < 4.78 is 2.21. The van der Waals surface area contributed by atoms with E-state index in [1.807, 2.05) is 12.4 Å². The van der Waals surface area contributed by atoms with Crippen LogP contribution in [0.3, 0.4) is 0 Å². The molecule has 0 aliphatic heterocycles. The van der Waals surface area contributed by atoms with Crippen LogP contribution >= 0.6 is 0 Å². The molecule has 102 valence electrons. The molecule has 0 aliphatic carbocycles. The Bertz CT molecular complexity index is 497. The van der Waals surface area contributed by atoms with Gasteiger partial charge in [-0.15, -0.1) is 0 Å². The Kier molecular flexibility index (Phi) is 4.74. The van der Waals surface area contributed by atoms with E-state index in [4.69, 9.17) is 0 Å². The summed E-state index contributed by atoms with van der Waals surface area (Å²) in [6.45, 7) is 8.31. The Morgan fingerprint density at radius 2 is 1.84 bits per heavy atom. The second kappa shape index (κ2) is 6.53. The van der Waals surface area contributed by atoms with E-state index in [9.17, 15) is 0 Å². The molecule has 3 heteroatoms. The van der Waals surface area contributed by atoms with Gasteiger partial charge in [0.05, 0.1) is 0 Å². The third kappa shape index (κ3) is 3.93. The number of benzene rings is 1. The van der Waals surface area contributed by atoms with Crippen LogP contribution in [0, 0.1) is 0 Å². The average molecular weight is 257 g/mol. The number of nitrogens with one attached hydrogen (secondary N) is 1. The molecule has 0 aliphatic rings. The minimum Gasteiger partial charge on any atom is -0.331 e. The molecule has 1 aromatic heterocycles. The first-order valence-electron chi connectivity index (χ1n) is 7.00. The molecular formula is C16H23N3. The Morgan fingerprint density at radius 3 is 2.47 bits per heavy atom. The smallest absolute Gasteiger partial charge is 0.108 e. The SMILES string of the molecule is CCc1nccn1Cc1ccc(CNC(C)C)cc1. The van der Waals surface area contributed by atoms with Gasteiger partial charge in [-0.2, -0.15) is 0 Å². The van der Waals surface area contributed by atoms with E-state index in [1.165, 1.54) is 11.1 Å². The molecule has 0 unspecified atom stereocenters. The lowest BCUT2D eigenvalue weighted by Crippen LogP contribution is -2.21. The van der Waals surface area contributed by atoms with E-state index in [0.29, 0.717) is 6.04 Å². The van der Waals surface area contributed by atoms with Crippen molar-refractivity contribution in [3.05, 3.63) is 53.6 Å². The third-order valence-corrected chi connectivity index (χ3v) is 3.21. The van der Waals surface area contributed by atoms with Crippen LogP contribution in [0.25, 0.3) is 0 Å². The molecule has 0 radical (unpaired) electrons. The standard InChI is InChI=1S/C16H23N3/c1-4-16-17-9-10-19(16)12-15-7-5-14(6-8-15)11-18-13(2)3/h5-10,13,18H,4,11-12H2,1-3H3. The highest BCUT2D eigenvalue weighted by atomic mass is 15.1. The monoisotopic (exact) mass is 257 g/mol. The molecule has 19 heavy (non-hydrogen) atoms. The van der Waals surface area contributed by atoms with Gasteiger partial charge >= 0.3 is 0 Å². The Balaban J connectivity index is 1.98. The highest BCUT2D eigenvalue weighted by Gasteiger charge is 2.01. The highest BCUT2D eigenvalue weighted by Crippen LogP contribution is 2.08.